The van der Waals surface area contributed by atoms with E-state index in [1.54, 1.807) is 35.3 Å². The van der Waals surface area contributed by atoms with Gasteiger partial charge in [0.25, 0.3) is 11.6 Å². The lowest BCUT2D eigenvalue weighted by Crippen LogP contribution is -2.48. The van der Waals surface area contributed by atoms with Crippen LogP contribution in [0.4, 0.5) is 17.1 Å². The molecule has 2 amide bonds. The molecular weight excluding hydrogens is 503 g/mol. The number of hydrogen-bond acceptors (Lipinski definition) is 5. The Balaban J connectivity index is 1.45. The van der Waals surface area contributed by atoms with Crippen molar-refractivity contribution in [2.24, 2.45) is 0 Å². The summed E-state index contributed by atoms with van der Waals surface area (Å²) < 4.78 is 0. The monoisotopic (exact) mass is 524 g/mol. The molecule has 1 aliphatic heterocycles. The summed E-state index contributed by atoms with van der Waals surface area (Å²) in [6.45, 7) is 2.14. The van der Waals surface area contributed by atoms with Crippen LogP contribution >= 0.6 is 23.2 Å². The van der Waals surface area contributed by atoms with Crippen molar-refractivity contribution in [2.45, 2.75) is 0 Å². The number of nitrogens with one attached hydrogen (secondary N) is 1. The molecule has 0 unspecified atom stereocenters. The van der Waals surface area contributed by atoms with Crippen molar-refractivity contribution in [1.29, 1.82) is 0 Å². The second kappa shape index (κ2) is 11.2. The van der Waals surface area contributed by atoms with E-state index in [0.29, 0.717) is 36.9 Å². The van der Waals surface area contributed by atoms with E-state index in [1.807, 2.05) is 30.3 Å². The fraction of sp³-hybridized carbons (Fsp3) is 0.154. The number of halogens is 2. The van der Waals surface area contributed by atoms with Gasteiger partial charge in [-0.3, -0.25) is 19.7 Å². The molecule has 0 radical (unpaired) electrons. The van der Waals surface area contributed by atoms with Gasteiger partial charge >= 0.3 is 0 Å². The SMILES string of the molecule is O=C(Nc1cc(Cl)ccc1N1CCN(C(=O)/C=C/c2ccccc2)CC1)c1ccc(Cl)c([N+](=O)[O-])c1. The lowest BCUT2D eigenvalue weighted by atomic mass is 10.1. The molecule has 1 saturated heterocycles. The zero-order valence-electron chi connectivity index (χ0n) is 19.1. The molecule has 0 aliphatic carbocycles. The van der Waals surface area contributed by atoms with E-state index in [-0.39, 0.29) is 22.2 Å². The molecule has 3 aromatic carbocycles. The lowest BCUT2D eigenvalue weighted by Gasteiger charge is -2.36. The first kappa shape index (κ1) is 25.2. The van der Waals surface area contributed by atoms with Crippen molar-refractivity contribution in [3.05, 3.63) is 104 Å². The van der Waals surface area contributed by atoms with E-state index in [0.717, 1.165) is 17.3 Å². The Labute approximate surface area is 217 Å². The minimum absolute atomic E-state index is 0.0500. The summed E-state index contributed by atoms with van der Waals surface area (Å²) in [6, 6.07) is 18.6. The molecule has 0 atom stereocenters. The molecule has 36 heavy (non-hydrogen) atoms. The predicted octanol–water partition coefficient (Wildman–Crippen LogP) is 5.52. The van der Waals surface area contributed by atoms with Crippen LogP contribution < -0.4 is 10.2 Å². The van der Waals surface area contributed by atoms with Crippen LogP contribution in [0.3, 0.4) is 0 Å². The van der Waals surface area contributed by atoms with Gasteiger partial charge in [-0.25, -0.2) is 0 Å². The van der Waals surface area contributed by atoms with Crippen LogP contribution in [0.25, 0.3) is 6.08 Å². The lowest BCUT2D eigenvalue weighted by molar-refractivity contribution is -0.384. The third-order valence-corrected chi connectivity index (χ3v) is 6.32. The van der Waals surface area contributed by atoms with Crippen LogP contribution in [-0.2, 0) is 4.79 Å². The molecule has 1 aliphatic rings. The third-order valence-electron chi connectivity index (χ3n) is 5.76. The second-order valence-corrected chi connectivity index (χ2v) is 8.94. The Morgan fingerprint density at radius 3 is 2.36 bits per heavy atom. The van der Waals surface area contributed by atoms with Gasteiger partial charge in [-0.2, -0.15) is 0 Å². The predicted molar refractivity (Wildman–Crippen MR) is 142 cm³/mol. The first-order valence-electron chi connectivity index (χ1n) is 11.1. The minimum atomic E-state index is -0.639. The molecule has 1 N–H and O–H groups in total. The molecule has 1 fully saturated rings. The maximum absolute atomic E-state index is 12.9. The summed E-state index contributed by atoms with van der Waals surface area (Å²) in [5, 5.41) is 14.4. The fourth-order valence-electron chi connectivity index (χ4n) is 3.88. The van der Waals surface area contributed by atoms with Crippen molar-refractivity contribution in [1.82, 2.24) is 4.90 Å². The first-order chi connectivity index (χ1) is 17.3. The number of carbonyl (C=O) groups excluding carboxylic acids is 2. The Kier molecular flexibility index (Phi) is 7.87. The van der Waals surface area contributed by atoms with Crippen LogP contribution in [0.1, 0.15) is 15.9 Å². The van der Waals surface area contributed by atoms with E-state index in [2.05, 4.69) is 10.2 Å². The Hall–Kier alpha value is -3.88. The molecule has 8 nitrogen and oxygen atoms in total. The highest BCUT2D eigenvalue weighted by molar-refractivity contribution is 6.33. The average Bonchev–Trinajstić information content (AvgIpc) is 2.88. The summed E-state index contributed by atoms with van der Waals surface area (Å²) in [5.74, 6) is -0.592. The standard InChI is InChI=1S/C26H22Cl2N4O4/c27-20-8-10-23(22(17-20)29-26(34)19-7-9-21(28)24(16-19)32(35)36)30-12-14-31(15-13-30)25(33)11-6-18-4-2-1-3-5-18/h1-11,16-17H,12-15H2,(H,29,34)/b11-6+. The summed E-state index contributed by atoms with van der Waals surface area (Å²) in [6.07, 6.45) is 3.37. The van der Waals surface area contributed by atoms with Gasteiger partial charge in [0.05, 0.1) is 16.3 Å². The van der Waals surface area contributed by atoms with Crippen LogP contribution in [-0.4, -0.2) is 47.8 Å². The number of anilines is 2. The van der Waals surface area contributed by atoms with Crippen LogP contribution in [0, 0.1) is 10.1 Å². The smallest absolute Gasteiger partial charge is 0.288 e. The summed E-state index contributed by atoms with van der Waals surface area (Å²) >= 11 is 12.0. The normalized spacial score (nSPS) is 13.6. The molecule has 10 heteroatoms. The third kappa shape index (κ3) is 6.02. The van der Waals surface area contributed by atoms with Crippen molar-refractivity contribution in [3.63, 3.8) is 0 Å². The van der Waals surface area contributed by atoms with Crippen molar-refractivity contribution in [2.75, 3.05) is 36.4 Å². The Morgan fingerprint density at radius 1 is 0.944 bits per heavy atom. The second-order valence-electron chi connectivity index (χ2n) is 8.10. The summed E-state index contributed by atoms with van der Waals surface area (Å²) in [7, 11) is 0. The number of piperazine rings is 1. The molecule has 0 bridgehead atoms. The molecule has 0 saturated carbocycles. The van der Waals surface area contributed by atoms with Gasteiger partial charge in [0.15, 0.2) is 0 Å². The molecule has 0 aromatic heterocycles. The molecule has 4 rings (SSSR count). The fourth-order valence-corrected chi connectivity index (χ4v) is 4.24. The minimum Gasteiger partial charge on any atom is -0.366 e. The van der Waals surface area contributed by atoms with Crippen LogP contribution in [0.5, 0.6) is 0 Å². The number of hydrogen-bond donors (Lipinski definition) is 1. The van der Waals surface area contributed by atoms with Gasteiger partial charge in [-0.05, 0) is 42.0 Å². The van der Waals surface area contributed by atoms with E-state index in [9.17, 15) is 19.7 Å². The van der Waals surface area contributed by atoms with Gasteiger partial charge < -0.3 is 15.1 Å². The highest BCUT2D eigenvalue weighted by atomic mass is 35.5. The van der Waals surface area contributed by atoms with Crippen LogP contribution in [0.15, 0.2) is 72.8 Å². The van der Waals surface area contributed by atoms with Gasteiger partial charge in [-0.15, -0.1) is 0 Å². The maximum atomic E-state index is 12.9. The Bertz CT molecular complexity index is 1320. The van der Waals surface area contributed by atoms with Crippen molar-refractivity contribution in [3.8, 4) is 0 Å². The highest BCUT2D eigenvalue weighted by Crippen LogP contribution is 2.31. The molecule has 1 heterocycles. The molecule has 184 valence electrons. The van der Waals surface area contributed by atoms with Crippen molar-refractivity contribution >= 4 is 58.2 Å². The zero-order valence-corrected chi connectivity index (χ0v) is 20.6. The van der Waals surface area contributed by atoms with E-state index < -0.39 is 10.8 Å². The van der Waals surface area contributed by atoms with E-state index >= 15 is 0 Å². The molecule has 0 spiro atoms. The summed E-state index contributed by atoms with van der Waals surface area (Å²) in [4.78, 5) is 39.9. The maximum Gasteiger partial charge on any atom is 0.288 e. The number of nitro groups is 1. The Morgan fingerprint density at radius 2 is 1.67 bits per heavy atom. The number of benzene rings is 3. The largest absolute Gasteiger partial charge is 0.366 e. The zero-order chi connectivity index (χ0) is 25.7. The number of amides is 2. The molecular formula is C26H22Cl2N4O4. The summed E-state index contributed by atoms with van der Waals surface area (Å²) in [5.41, 5.74) is 1.91. The van der Waals surface area contributed by atoms with Crippen LogP contribution in [0.2, 0.25) is 10.0 Å². The number of rotatable bonds is 6. The first-order valence-corrected chi connectivity index (χ1v) is 11.9. The number of carbonyl (C=O) groups is 2. The highest BCUT2D eigenvalue weighted by Gasteiger charge is 2.23. The van der Waals surface area contributed by atoms with E-state index in [1.165, 1.54) is 12.1 Å². The van der Waals surface area contributed by atoms with Gasteiger partial charge in [-0.1, -0.05) is 53.5 Å². The average molecular weight is 525 g/mol. The van der Waals surface area contributed by atoms with Gasteiger partial charge in [0.2, 0.25) is 5.91 Å². The van der Waals surface area contributed by atoms with Gasteiger partial charge in [0.1, 0.15) is 5.02 Å². The number of nitro benzene ring substituents is 1. The van der Waals surface area contributed by atoms with Gasteiger partial charge in [0, 0.05) is 48.9 Å². The molecule has 3 aromatic rings. The van der Waals surface area contributed by atoms with Crippen molar-refractivity contribution < 1.29 is 14.5 Å². The topological polar surface area (TPSA) is 95.8 Å². The number of nitrogens with zero attached hydrogens (tertiary/aromatic N) is 3. The van der Waals surface area contributed by atoms with E-state index in [4.69, 9.17) is 23.2 Å². The quantitative estimate of drug-likeness (QED) is 0.260.